The maximum atomic E-state index is 13.2. The van der Waals surface area contributed by atoms with Crippen molar-refractivity contribution in [3.8, 4) is 5.75 Å². The minimum Gasteiger partial charge on any atom is -0.491 e. The molecule has 0 aromatic heterocycles. The smallest absolute Gasteiger partial charge is 0.257 e. The lowest BCUT2D eigenvalue weighted by atomic mass is 10.0. The summed E-state index contributed by atoms with van der Waals surface area (Å²) < 4.78 is 16.4. The molecule has 1 aliphatic rings. The van der Waals surface area contributed by atoms with Gasteiger partial charge in [-0.2, -0.15) is 0 Å². The van der Waals surface area contributed by atoms with E-state index in [-0.39, 0.29) is 49.0 Å². The Morgan fingerprint density at radius 1 is 1.23 bits per heavy atom. The maximum absolute atomic E-state index is 13.2. The quantitative estimate of drug-likeness (QED) is 0.772. The van der Waals surface area contributed by atoms with Crippen LogP contribution in [0, 0.1) is 5.92 Å². The Morgan fingerprint density at radius 2 is 1.94 bits per heavy atom. The van der Waals surface area contributed by atoms with Gasteiger partial charge in [0, 0.05) is 52.9 Å². The number of fused-ring (bicyclic) bond motifs is 1. The summed E-state index contributed by atoms with van der Waals surface area (Å²) in [4.78, 5) is 40.7. The molecule has 31 heavy (non-hydrogen) atoms. The Balaban J connectivity index is 2.42. The van der Waals surface area contributed by atoms with E-state index in [9.17, 15) is 14.4 Å². The van der Waals surface area contributed by atoms with Gasteiger partial charge < -0.3 is 29.3 Å². The molecule has 0 bridgehead atoms. The van der Waals surface area contributed by atoms with Gasteiger partial charge in [-0.15, -0.1) is 0 Å². The summed E-state index contributed by atoms with van der Waals surface area (Å²) in [6.45, 7) is 6.42. The molecule has 3 atom stereocenters. The van der Waals surface area contributed by atoms with Crippen molar-refractivity contribution in [3.63, 3.8) is 0 Å². The van der Waals surface area contributed by atoms with Crippen LogP contribution in [0.4, 0.5) is 5.69 Å². The normalized spacial score (nSPS) is 22.6. The van der Waals surface area contributed by atoms with Gasteiger partial charge in [0.15, 0.2) is 0 Å². The van der Waals surface area contributed by atoms with Gasteiger partial charge in [-0.25, -0.2) is 0 Å². The summed E-state index contributed by atoms with van der Waals surface area (Å²) in [5.41, 5.74) is 0.788. The fourth-order valence-corrected chi connectivity index (χ4v) is 3.62. The molecular formula is C22H33N3O6. The van der Waals surface area contributed by atoms with Crippen LogP contribution in [0.1, 0.15) is 31.1 Å². The van der Waals surface area contributed by atoms with Gasteiger partial charge >= 0.3 is 0 Å². The van der Waals surface area contributed by atoms with Crippen molar-refractivity contribution in [3.05, 3.63) is 23.8 Å². The predicted molar refractivity (Wildman–Crippen MR) is 116 cm³/mol. The third kappa shape index (κ3) is 6.41. The van der Waals surface area contributed by atoms with Crippen molar-refractivity contribution in [2.24, 2.45) is 5.92 Å². The first-order chi connectivity index (χ1) is 14.7. The Bertz CT molecular complexity index is 799. The maximum Gasteiger partial charge on any atom is 0.257 e. The molecule has 0 saturated carbocycles. The minimum absolute atomic E-state index is 0.00478. The predicted octanol–water partition coefficient (Wildman–Crippen LogP) is 1.62. The third-order valence-electron chi connectivity index (χ3n) is 5.41. The monoisotopic (exact) mass is 435 g/mol. The summed E-state index contributed by atoms with van der Waals surface area (Å²) in [6.07, 6.45) is -0.253. The second-order valence-electron chi connectivity index (χ2n) is 7.96. The van der Waals surface area contributed by atoms with Crippen molar-refractivity contribution in [2.75, 3.05) is 52.9 Å². The van der Waals surface area contributed by atoms with Crippen molar-refractivity contribution >= 4 is 23.4 Å². The Hall–Kier alpha value is -2.65. The number of hydrogen-bond acceptors (Lipinski definition) is 6. The number of carbonyl (C=O) groups is 3. The van der Waals surface area contributed by atoms with Crippen LogP contribution in [0.15, 0.2) is 18.2 Å². The van der Waals surface area contributed by atoms with Gasteiger partial charge in [0.05, 0.1) is 17.7 Å². The molecule has 1 heterocycles. The number of nitrogens with zero attached hydrogens (tertiary/aromatic N) is 2. The van der Waals surface area contributed by atoms with Gasteiger partial charge in [0.2, 0.25) is 11.8 Å². The fraction of sp³-hybridized carbons (Fsp3) is 0.591. The molecule has 172 valence electrons. The van der Waals surface area contributed by atoms with E-state index in [0.717, 1.165) is 0 Å². The van der Waals surface area contributed by atoms with E-state index in [2.05, 4.69) is 5.32 Å². The molecule has 9 heteroatoms. The molecule has 0 saturated heterocycles. The molecule has 9 nitrogen and oxygen atoms in total. The average Bonchev–Trinajstić information content (AvgIpc) is 2.72. The van der Waals surface area contributed by atoms with Crippen molar-refractivity contribution in [2.45, 2.75) is 32.9 Å². The molecule has 0 radical (unpaired) electrons. The van der Waals surface area contributed by atoms with E-state index >= 15 is 0 Å². The fourth-order valence-electron chi connectivity index (χ4n) is 3.62. The SMILES string of the molecule is COCC(=O)Nc1ccc2c(c1)C(=O)N(C)C[C@@H](OC)[C@H](C)CN(C(C)=O)[C@@H](C)CO2. The first-order valence-electron chi connectivity index (χ1n) is 10.3. The summed E-state index contributed by atoms with van der Waals surface area (Å²) in [5.74, 6) is -0.222. The van der Waals surface area contributed by atoms with E-state index in [1.165, 1.54) is 14.0 Å². The highest BCUT2D eigenvalue weighted by Gasteiger charge is 2.29. The number of likely N-dealkylation sites (N-methyl/N-ethyl adjacent to an activating group) is 1. The molecule has 0 aliphatic carbocycles. The summed E-state index contributed by atoms with van der Waals surface area (Å²) in [6, 6.07) is 4.71. The van der Waals surface area contributed by atoms with E-state index in [0.29, 0.717) is 30.1 Å². The lowest BCUT2D eigenvalue weighted by Gasteiger charge is -2.35. The van der Waals surface area contributed by atoms with Crippen molar-refractivity contribution in [1.29, 1.82) is 0 Å². The lowest BCUT2D eigenvalue weighted by molar-refractivity contribution is -0.133. The molecule has 0 unspecified atom stereocenters. The first-order valence-corrected chi connectivity index (χ1v) is 10.3. The number of carbonyl (C=O) groups excluding carboxylic acids is 3. The summed E-state index contributed by atoms with van der Waals surface area (Å²) in [5, 5.41) is 2.70. The number of anilines is 1. The minimum atomic E-state index is -0.323. The highest BCUT2D eigenvalue weighted by molar-refractivity contribution is 5.99. The van der Waals surface area contributed by atoms with E-state index in [1.54, 1.807) is 42.2 Å². The van der Waals surface area contributed by atoms with Crippen LogP contribution >= 0.6 is 0 Å². The average molecular weight is 436 g/mol. The summed E-state index contributed by atoms with van der Waals surface area (Å²) in [7, 11) is 4.73. The molecule has 1 N–H and O–H groups in total. The molecule has 3 amide bonds. The zero-order chi connectivity index (χ0) is 23.1. The van der Waals surface area contributed by atoms with Crippen LogP contribution in [0.3, 0.4) is 0 Å². The zero-order valence-corrected chi connectivity index (χ0v) is 19.1. The number of benzene rings is 1. The number of amides is 3. The number of nitrogens with one attached hydrogen (secondary N) is 1. The standard InChI is InChI=1S/C22H33N3O6/c1-14-10-25(16(3)26)15(2)12-31-19-8-7-17(23-21(27)13-29-5)9-18(19)22(28)24(4)11-20(14)30-6/h7-9,14-15,20H,10-13H2,1-6H3,(H,23,27)/t14-,15+,20-/m1/s1. The second kappa shape index (κ2) is 11.1. The number of methoxy groups -OCH3 is 2. The van der Waals surface area contributed by atoms with Gasteiger partial charge in [-0.1, -0.05) is 6.92 Å². The van der Waals surface area contributed by atoms with Crippen molar-refractivity contribution in [1.82, 2.24) is 9.80 Å². The Labute approximate surface area is 183 Å². The number of ether oxygens (including phenoxy) is 3. The molecule has 1 aromatic carbocycles. The number of hydrogen-bond donors (Lipinski definition) is 1. The largest absolute Gasteiger partial charge is 0.491 e. The molecule has 0 fully saturated rings. The van der Waals surface area contributed by atoms with Crippen LogP contribution in [0.2, 0.25) is 0 Å². The summed E-state index contributed by atoms with van der Waals surface area (Å²) >= 11 is 0. The Morgan fingerprint density at radius 3 is 2.55 bits per heavy atom. The van der Waals surface area contributed by atoms with Crippen LogP contribution in [-0.4, -0.2) is 87.2 Å². The molecule has 2 rings (SSSR count). The van der Waals surface area contributed by atoms with E-state index < -0.39 is 0 Å². The van der Waals surface area contributed by atoms with E-state index in [4.69, 9.17) is 14.2 Å². The topological polar surface area (TPSA) is 97.4 Å². The van der Waals surface area contributed by atoms with Crippen LogP contribution in [0.25, 0.3) is 0 Å². The van der Waals surface area contributed by atoms with Crippen LogP contribution < -0.4 is 10.1 Å². The van der Waals surface area contributed by atoms with E-state index in [1.807, 2.05) is 13.8 Å². The van der Waals surface area contributed by atoms with Gasteiger partial charge in [0.25, 0.3) is 5.91 Å². The van der Waals surface area contributed by atoms with Crippen molar-refractivity contribution < 1.29 is 28.6 Å². The van der Waals surface area contributed by atoms with Gasteiger partial charge in [-0.05, 0) is 25.1 Å². The van der Waals surface area contributed by atoms with Gasteiger partial charge in [-0.3, -0.25) is 14.4 Å². The highest BCUT2D eigenvalue weighted by atomic mass is 16.5. The first kappa shape index (κ1) is 24.6. The molecular weight excluding hydrogens is 402 g/mol. The second-order valence-corrected chi connectivity index (χ2v) is 7.96. The van der Waals surface area contributed by atoms with Crippen LogP contribution in [0.5, 0.6) is 5.75 Å². The lowest BCUT2D eigenvalue weighted by Crippen LogP contribution is -2.48. The highest BCUT2D eigenvalue weighted by Crippen LogP contribution is 2.26. The van der Waals surface area contributed by atoms with Crippen LogP contribution in [-0.2, 0) is 19.1 Å². The number of rotatable bonds is 4. The Kier molecular flexibility index (Phi) is 8.82. The molecule has 0 spiro atoms. The van der Waals surface area contributed by atoms with Gasteiger partial charge in [0.1, 0.15) is 19.0 Å². The third-order valence-corrected chi connectivity index (χ3v) is 5.41. The molecule has 1 aromatic rings. The zero-order valence-electron chi connectivity index (χ0n) is 19.1. The molecule has 1 aliphatic heterocycles.